The topological polar surface area (TPSA) is 60.7 Å². The van der Waals surface area contributed by atoms with Gasteiger partial charge in [-0.1, -0.05) is 230 Å². The Morgan fingerprint density at radius 2 is 0.655 bits per heavy atom. The standard InChI is InChI=1S/C54H88O3P/c1-5-9-13-17-21-25-29-33-46-37-41-48(42-38-46)52-45-53(58(55,56)57)50(35-31-27-23-19-15-11-7-3)51(36-32-28-24-20-16-12-8-4)54(52)49-43-39-47(40-44-49)34-30-26-22-18-14-10-6-2/h37-45,55-57H,5-36H2,1-4H3/q+1. The lowest BCUT2D eigenvalue weighted by atomic mass is 9.83. The van der Waals surface area contributed by atoms with Crippen molar-refractivity contribution in [3.63, 3.8) is 0 Å². The lowest BCUT2D eigenvalue weighted by molar-refractivity contribution is 0.346. The van der Waals surface area contributed by atoms with Crippen molar-refractivity contribution in [3.8, 4) is 22.3 Å². The number of hydrogen-bond acceptors (Lipinski definition) is 3. The van der Waals surface area contributed by atoms with Crippen LogP contribution in [0, 0.1) is 0 Å². The van der Waals surface area contributed by atoms with Gasteiger partial charge in [-0.25, -0.2) is 0 Å². The molecule has 0 spiro atoms. The predicted octanol–water partition coefficient (Wildman–Crippen LogP) is 16.6. The Bertz CT molecular complexity index is 1460. The molecule has 0 heterocycles. The van der Waals surface area contributed by atoms with Gasteiger partial charge >= 0.3 is 7.94 Å². The van der Waals surface area contributed by atoms with Gasteiger partial charge in [0.1, 0.15) is 0 Å². The minimum Gasteiger partial charge on any atom is -0.189 e. The zero-order chi connectivity index (χ0) is 41.7. The van der Waals surface area contributed by atoms with Gasteiger partial charge in [0, 0.05) is 5.56 Å². The van der Waals surface area contributed by atoms with Gasteiger partial charge in [-0.15, -0.1) is 0 Å². The molecular weight excluding hydrogens is 728 g/mol. The highest BCUT2D eigenvalue weighted by molar-refractivity contribution is 7.66. The van der Waals surface area contributed by atoms with E-state index in [1.807, 2.05) is 6.07 Å². The number of aryl methyl sites for hydroxylation is 2. The van der Waals surface area contributed by atoms with Crippen LogP contribution in [0.3, 0.4) is 0 Å². The van der Waals surface area contributed by atoms with Crippen LogP contribution < -0.4 is 5.30 Å². The second kappa shape index (κ2) is 30.9. The SMILES string of the molecule is CCCCCCCCCc1ccc(-c2cc([P+](O)(O)O)c(CCCCCCCCC)c(CCCCCCCCC)c2-c2ccc(CCCCCCCCC)cc2)cc1. The first-order valence-electron chi connectivity index (χ1n) is 24.8. The highest BCUT2D eigenvalue weighted by Crippen LogP contribution is 2.49. The van der Waals surface area contributed by atoms with Crippen molar-refractivity contribution in [3.05, 3.63) is 76.9 Å². The molecule has 4 heteroatoms. The molecule has 0 aliphatic heterocycles. The Kier molecular flexibility index (Phi) is 26.8. The first-order valence-corrected chi connectivity index (χ1v) is 26.4. The molecular formula is C54H88O3P+. The van der Waals surface area contributed by atoms with E-state index >= 15 is 0 Å². The average molecular weight is 816 g/mol. The van der Waals surface area contributed by atoms with Crippen molar-refractivity contribution in [1.29, 1.82) is 0 Å². The van der Waals surface area contributed by atoms with Crippen LogP contribution in [0.5, 0.6) is 0 Å². The summed E-state index contributed by atoms with van der Waals surface area (Å²) in [7, 11) is -4.29. The van der Waals surface area contributed by atoms with Crippen LogP contribution in [-0.4, -0.2) is 14.7 Å². The average Bonchev–Trinajstić information content (AvgIpc) is 3.22. The second-order valence-electron chi connectivity index (χ2n) is 17.7. The van der Waals surface area contributed by atoms with E-state index < -0.39 is 7.94 Å². The summed E-state index contributed by atoms with van der Waals surface area (Å²) in [6, 6.07) is 20.3. The van der Waals surface area contributed by atoms with Crippen LogP contribution in [0.4, 0.5) is 0 Å². The zero-order valence-corrected chi connectivity index (χ0v) is 39.0. The first-order chi connectivity index (χ1) is 28.3. The van der Waals surface area contributed by atoms with Crippen LogP contribution in [0.1, 0.15) is 230 Å². The normalized spacial score (nSPS) is 11.8. The summed E-state index contributed by atoms with van der Waals surface area (Å²) in [6.07, 6.45) is 39.3. The number of unbranched alkanes of at least 4 members (excludes halogenated alkanes) is 24. The Morgan fingerprint density at radius 3 is 1.02 bits per heavy atom. The Morgan fingerprint density at radius 1 is 0.345 bits per heavy atom. The van der Waals surface area contributed by atoms with E-state index in [9.17, 15) is 14.7 Å². The van der Waals surface area contributed by atoms with E-state index in [1.54, 1.807) is 0 Å². The molecule has 0 aliphatic rings. The first kappa shape index (κ1) is 50.3. The third-order valence-electron chi connectivity index (χ3n) is 12.6. The fourth-order valence-electron chi connectivity index (χ4n) is 8.92. The lowest BCUT2D eigenvalue weighted by Gasteiger charge is -2.23. The molecule has 0 atom stereocenters. The Hall–Kier alpha value is -2.03. The van der Waals surface area contributed by atoms with Crippen LogP contribution in [0.15, 0.2) is 54.6 Å². The molecule has 58 heavy (non-hydrogen) atoms. The van der Waals surface area contributed by atoms with Crippen molar-refractivity contribution in [2.45, 2.75) is 233 Å². The molecule has 0 saturated carbocycles. The number of rotatable bonds is 35. The molecule has 0 amide bonds. The van der Waals surface area contributed by atoms with Crippen LogP contribution in [0.2, 0.25) is 0 Å². The van der Waals surface area contributed by atoms with Gasteiger partial charge in [-0.05, 0) is 96.4 Å². The molecule has 3 N–H and O–H groups in total. The number of benzene rings is 3. The highest BCUT2D eigenvalue weighted by atomic mass is 31.2. The molecule has 326 valence electrons. The highest BCUT2D eigenvalue weighted by Gasteiger charge is 2.39. The lowest BCUT2D eigenvalue weighted by Crippen LogP contribution is -2.20. The molecule has 0 saturated heterocycles. The van der Waals surface area contributed by atoms with E-state index in [1.165, 1.54) is 188 Å². The smallest absolute Gasteiger partial charge is 0.189 e. The summed E-state index contributed by atoms with van der Waals surface area (Å²) in [5, 5.41) is 0.373. The maximum atomic E-state index is 11.2. The van der Waals surface area contributed by atoms with Crippen molar-refractivity contribution in [1.82, 2.24) is 0 Å². The fraction of sp³-hybridized carbons (Fsp3) is 0.667. The van der Waals surface area contributed by atoms with Gasteiger partial charge in [-0.2, -0.15) is 14.7 Å². The van der Waals surface area contributed by atoms with Gasteiger partial charge in [0.15, 0.2) is 5.30 Å². The summed E-state index contributed by atoms with van der Waals surface area (Å²) >= 11 is 0. The molecule has 0 radical (unpaired) electrons. The molecule has 0 aromatic heterocycles. The van der Waals surface area contributed by atoms with E-state index in [0.29, 0.717) is 5.30 Å². The van der Waals surface area contributed by atoms with E-state index in [4.69, 9.17) is 0 Å². The van der Waals surface area contributed by atoms with E-state index in [2.05, 4.69) is 76.2 Å². The third-order valence-corrected chi connectivity index (χ3v) is 13.6. The molecule has 3 aromatic carbocycles. The molecule has 3 nitrogen and oxygen atoms in total. The molecule has 0 bridgehead atoms. The maximum Gasteiger partial charge on any atom is 0.441 e. The van der Waals surface area contributed by atoms with Crippen molar-refractivity contribution in [2.24, 2.45) is 0 Å². The van der Waals surface area contributed by atoms with Gasteiger partial charge in [0.25, 0.3) is 0 Å². The summed E-state index contributed by atoms with van der Waals surface area (Å²) in [4.78, 5) is 33.5. The molecule has 3 rings (SSSR count). The van der Waals surface area contributed by atoms with Crippen molar-refractivity contribution < 1.29 is 14.7 Å². The van der Waals surface area contributed by atoms with Crippen LogP contribution in [0.25, 0.3) is 22.3 Å². The largest absolute Gasteiger partial charge is 0.441 e. The fourth-order valence-corrected chi connectivity index (χ4v) is 9.83. The van der Waals surface area contributed by atoms with Crippen LogP contribution in [-0.2, 0) is 25.7 Å². The Balaban J connectivity index is 2.01. The van der Waals surface area contributed by atoms with Crippen LogP contribution >= 0.6 is 7.94 Å². The summed E-state index contributed by atoms with van der Waals surface area (Å²) in [5.41, 5.74) is 9.50. The summed E-state index contributed by atoms with van der Waals surface area (Å²) in [6.45, 7) is 9.10. The van der Waals surface area contributed by atoms with Crippen molar-refractivity contribution >= 4 is 13.2 Å². The van der Waals surface area contributed by atoms with E-state index in [0.717, 1.165) is 61.6 Å². The molecule has 0 aliphatic carbocycles. The summed E-state index contributed by atoms with van der Waals surface area (Å²) < 4.78 is 0. The molecule has 3 aromatic rings. The van der Waals surface area contributed by atoms with Gasteiger partial charge < -0.3 is 0 Å². The maximum absolute atomic E-state index is 11.2. The minimum absolute atomic E-state index is 0.373. The van der Waals surface area contributed by atoms with Gasteiger partial charge in [0.2, 0.25) is 0 Å². The third kappa shape index (κ3) is 19.6. The van der Waals surface area contributed by atoms with Gasteiger partial charge in [0.05, 0.1) is 0 Å². The second-order valence-corrected chi connectivity index (χ2v) is 19.3. The predicted molar refractivity (Wildman–Crippen MR) is 257 cm³/mol. The number of hydrogen-bond donors (Lipinski definition) is 3. The van der Waals surface area contributed by atoms with Crippen molar-refractivity contribution in [2.75, 3.05) is 0 Å². The quantitative estimate of drug-likeness (QED) is 0.0409. The monoisotopic (exact) mass is 816 g/mol. The Labute approximate surface area is 358 Å². The van der Waals surface area contributed by atoms with Gasteiger partial charge in [-0.3, -0.25) is 0 Å². The zero-order valence-electron chi connectivity index (χ0n) is 38.1. The molecule has 0 fully saturated rings. The molecule has 0 unspecified atom stereocenters. The minimum atomic E-state index is -4.29. The van der Waals surface area contributed by atoms with E-state index in [-0.39, 0.29) is 0 Å². The summed E-state index contributed by atoms with van der Waals surface area (Å²) in [5.74, 6) is 0.